The molecule has 1 fully saturated rings. The van der Waals surface area contributed by atoms with Crippen LogP contribution in [0.3, 0.4) is 0 Å². The van der Waals surface area contributed by atoms with Crippen LogP contribution in [0.15, 0.2) is 5.38 Å². The SMILES string of the molecule is CCNC1(c2nc(C)cs2)CCSCC1. The number of hydrogen-bond acceptors (Lipinski definition) is 4. The van der Waals surface area contributed by atoms with Gasteiger partial charge in [0, 0.05) is 11.1 Å². The fourth-order valence-electron chi connectivity index (χ4n) is 2.10. The van der Waals surface area contributed by atoms with Gasteiger partial charge < -0.3 is 5.32 Å². The molecule has 0 spiro atoms. The Balaban J connectivity index is 2.24. The number of nitrogens with zero attached hydrogens (tertiary/aromatic N) is 1. The highest BCUT2D eigenvalue weighted by atomic mass is 32.2. The summed E-state index contributed by atoms with van der Waals surface area (Å²) < 4.78 is 0. The molecule has 1 N–H and O–H groups in total. The summed E-state index contributed by atoms with van der Waals surface area (Å²) in [5.41, 5.74) is 1.34. The Bertz CT molecular complexity index is 311. The third-order valence-corrected chi connectivity index (χ3v) is 5.04. The molecule has 1 saturated heterocycles. The molecular weight excluding hydrogens is 224 g/mol. The normalized spacial score (nSPS) is 20.4. The van der Waals surface area contributed by atoms with Crippen molar-refractivity contribution in [2.45, 2.75) is 32.2 Å². The molecule has 1 aliphatic heterocycles. The molecule has 0 unspecified atom stereocenters. The van der Waals surface area contributed by atoms with E-state index >= 15 is 0 Å². The Kier molecular flexibility index (Phi) is 3.69. The summed E-state index contributed by atoms with van der Waals surface area (Å²) >= 11 is 3.87. The maximum atomic E-state index is 4.67. The van der Waals surface area contributed by atoms with E-state index in [2.05, 4.69) is 41.3 Å². The summed E-state index contributed by atoms with van der Waals surface area (Å²) in [7, 11) is 0. The van der Waals surface area contributed by atoms with Crippen LogP contribution in [0.1, 0.15) is 30.5 Å². The van der Waals surface area contributed by atoms with Crippen LogP contribution >= 0.6 is 23.1 Å². The molecule has 0 saturated carbocycles. The third-order valence-electron chi connectivity index (χ3n) is 2.89. The fraction of sp³-hybridized carbons (Fsp3) is 0.727. The number of aryl methyl sites for hydroxylation is 1. The molecule has 2 rings (SSSR count). The summed E-state index contributed by atoms with van der Waals surface area (Å²) in [5, 5.41) is 7.12. The van der Waals surface area contributed by atoms with Gasteiger partial charge >= 0.3 is 0 Å². The second-order valence-corrected chi connectivity index (χ2v) is 6.10. The summed E-state index contributed by atoms with van der Waals surface area (Å²) in [6, 6.07) is 0. The van der Waals surface area contributed by atoms with Crippen LogP contribution in [0.2, 0.25) is 0 Å². The first-order chi connectivity index (χ1) is 7.27. The molecule has 0 amide bonds. The van der Waals surface area contributed by atoms with Gasteiger partial charge in [-0.25, -0.2) is 4.98 Å². The van der Waals surface area contributed by atoms with Crippen molar-refractivity contribution in [3.8, 4) is 0 Å². The molecule has 4 heteroatoms. The zero-order valence-electron chi connectivity index (χ0n) is 9.38. The van der Waals surface area contributed by atoms with Crippen LogP contribution in [0.5, 0.6) is 0 Å². The van der Waals surface area contributed by atoms with Crippen LogP contribution in [0.25, 0.3) is 0 Å². The highest BCUT2D eigenvalue weighted by molar-refractivity contribution is 7.99. The Hall–Kier alpha value is -0.0600. The summed E-state index contributed by atoms with van der Waals surface area (Å²) in [6.45, 7) is 5.30. The Morgan fingerprint density at radius 1 is 1.47 bits per heavy atom. The summed E-state index contributed by atoms with van der Waals surface area (Å²) in [4.78, 5) is 4.67. The van der Waals surface area contributed by atoms with Crippen LogP contribution in [-0.4, -0.2) is 23.0 Å². The van der Waals surface area contributed by atoms with Gasteiger partial charge in [0.15, 0.2) is 0 Å². The first-order valence-electron chi connectivity index (χ1n) is 5.52. The van der Waals surface area contributed by atoms with Gasteiger partial charge in [-0.1, -0.05) is 6.92 Å². The van der Waals surface area contributed by atoms with Crippen molar-refractivity contribution in [1.29, 1.82) is 0 Å². The molecule has 0 aromatic carbocycles. The molecule has 2 nitrogen and oxygen atoms in total. The topological polar surface area (TPSA) is 24.9 Å². The van der Waals surface area contributed by atoms with Crippen molar-refractivity contribution in [1.82, 2.24) is 10.3 Å². The van der Waals surface area contributed by atoms with Gasteiger partial charge in [-0.2, -0.15) is 11.8 Å². The van der Waals surface area contributed by atoms with Gasteiger partial charge in [0.1, 0.15) is 5.01 Å². The lowest BCUT2D eigenvalue weighted by Crippen LogP contribution is -2.45. The predicted molar refractivity (Wildman–Crippen MR) is 68.8 cm³/mol. The van der Waals surface area contributed by atoms with E-state index in [1.807, 2.05) is 11.3 Å². The van der Waals surface area contributed by atoms with Crippen LogP contribution < -0.4 is 5.32 Å². The van der Waals surface area contributed by atoms with E-state index in [1.54, 1.807) is 0 Å². The molecule has 1 aromatic heterocycles. The van der Waals surface area contributed by atoms with Gasteiger partial charge in [-0.15, -0.1) is 11.3 Å². The van der Waals surface area contributed by atoms with Gasteiger partial charge in [0.25, 0.3) is 0 Å². The lowest BCUT2D eigenvalue weighted by molar-refractivity contribution is 0.313. The molecule has 0 radical (unpaired) electrons. The zero-order valence-corrected chi connectivity index (χ0v) is 11.0. The molecule has 1 aliphatic rings. The highest BCUT2D eigenvalue weighted by Crippen LogP contribution is 2.37. The van der Waals surface area contributed by atoms with Crippen molar-refractivity contribution in [2.24, 2.45) is 0 Å². The first kappa shape index (κ1) is 11.4. The lowest BCUT2D eigenvalue weighted by atomic mass is 9.93. The Morgan fingerprint density at radius 3 is 2.73 bits per heavy atom. The van der Waals surface area contributed by atoms with E-state index < -0.39 is 0 Å². The number of thiazole rings is 1. The molecule has 0 bridgehead atoms. The number of hydrogen-bond donors (Lipinski definition) is 1. The molecule has 1 aromatic rings. The molecule has 84 valence electrons. The Labute approximate surface area is 99.9 Å². The van der Waals surface area contributed by atoms with Gasteiger partial charge in [-0.3, -0.25) is 0 Å². The van der Waals surface area contributed by atoms with Crippen LogP contribution in [0, 0.1) is 6.92 Å². The average Bonchev–Trinajstić information content (AvgIpc) is 2.67. The molecule has 15 heavy (non-hydrogen) atoms. The number of rotatable bonds is 3. The number of thioether (sulfide) groups is 1. The van der Waals surface area contributed by atoms with Crippen molar-refractivity contribution < 1.29 is 0 Å². The van der Waals surface area contributed by atoms with E-state index in [9.17, 15) is 0 Å². The molecule has 0 aliphatic carbocycles. The van der Waals surface area contributed by atoms with Gasteiger partial charge in [0.05, 0.1) is 5.54 Å². The number of nitrogens with one attached hydrogen (secondary N) is 1. The standard InChI is InChI=1S/C11H18N2S2/c1-3-12-11(4-6-14-7-5-11)10-13-9(2)8-15-10/h8,12H,3-7H2,1-2H3. The van der Waals surface area contributed by atoms with E-state index in [0.717, 1.165) is 12.2 Å². The largest absolute Gasteiger partial charge is 0.306 e. The minimum Gasteiger partial charge on any atom is -0.306 e. The molecular formula is C11H18N2S2. The molecule has 0 atom stereocenters. The van der Waals surface area contributed by atoms with Crippen LogP contribution in [0.4, 0.5) is 0 Å². The van der Waals surface area contributed by atoms with E-state index in [4.69, 9.17) is 0 Å². The fourth-order valence-corrected chi connectivity index (χ4v) is 4.32. The first-order valence-corrected chi connectivity index (χ1v) is 7.56. The second-order valence-electron chi connectivity index (χ2n) is 4.02. The quantitative estimate of drug-likeness (QED) is 0.882. The summed E-state index contributed by atoms with van der Waals surface area (Å²) in [6.07, 6.45) is 2.44. The van der Waals surface area contributed by atoms with Crippen molar-refractivity contribution >= 4 is 23.1 Å². The minimum atomic E-state index is 0.179. The smallest absolute Gasteiger partial charge is 0.113 e. The maximum absolute atomic E-state index is 4.67. The maximum Gasteiger partial charge on any atom is 0.113 e. The van der Waals surface area contributed by atoms with Gasteiger partial charge in [-0.05, 0) is 37.8 Å². The summed E-state index contributed by atoms with van der Waals surface area (Å²) in [5.74, 6) is 2.51. The van der Waals surface area contributed by atoms with Crippen LogP contribution in [-0.2, 0) is 5.54 Å². The molecule has 2 heterocycles. The monoisotopic (exact) mass is 242 g/mol. The highest BCUT2D eigenvalue weighted by Gasteiger charge is 2.35. The lowest BCUT2D eigenvalue weighted by Gasteiger charge is -2.36. The van der Waals surface area contributed by atoms with E-state index in [0.29, 0.717) is 0 Å². The minimum absolute atomic E-state index is 0.179. The second kappa shape index (κ2) is 4.85. The van der Waals surface area contributed by atoms with E-state index in [1.165, 1.54) is 29.4 Å². The van der Waals surface area contributed by atoms with Crippen molar-refractivity contribution in [2.75, 3.05) is 18.1 Å². The predicted octanol–water partition coefficient (Wildman–Crippen LogP) is 2.78. The van der Waals surface area contributed by atoms with E-state index in [-0.39, 0.29) is 5.54 Å². The Morgan fingerprint density at radius 2 is 2.20 bits per heavy atom. The zero-order chi connectivity index (χ0) is 10.7. The van der Waals surface area contributed by atoms with Gasteiger partial charge in [0.2, 0.25) is 0 Å². The third kappa shape index (κ3) is 2.37. The van der Waals surface area contributed by atoms with Crippen molar-refractivity contribution in [3.63, 3.8) is 0 Å². The van der Waals surface area contributed by atoms with Crippen molar-refractivity contribution in [3.05, 3.63) is 16.1 Å². The number of aromatic nitrogens is 1. The average molecular weight is 242 g/mol.